The molecule has 110 valence electrons. The highest BCUT2D eigenvalue weighted by Gasteiger charge is 2.42. The molecule has 0 aromatic rings. The van der Waals surface area contributed by atoms with Gasteiger partial charge in [-0.2, -0.15) is 11.8 Å². The standard InChI is InChI=1S/C15H27NO2S/c1-11-8-13(10-17-11)14(16)12-2-5-18-15(9-12)3-6-19-7-4-15/h11-14H,2-10,16H2,1H3. The van der Waals surface area contributed by atoms with E-state index in [1.54, 1.807) is 0 Å². The Hall–Kier alpha value is 0.230. The third kappa shape index (κ3) is 3.12. The summed E-state index contributed by atoms with van der Waals surface area (Å²) < 4.78 is 11.9. The Balaban J connectivity index is 1.61. The van der Waals surface area contributed by atoms with Crippen LogP contribution in [0.3, 0.4) is 0 Å². The SMILES string of the molecule is CC1CC(C(N)C2CCOC3(CCSCC3)C2)CO1. The normalized spacial score (nSPS) is 40.4. The van der Waals surface area contributed by atoms with Crippen LogP contribution in [0.4, 0.5) is 0 Å². The number of nitrogens with two attached hydrogens (primary N) is 1. The van der Waals surface area contributed by atoms with Crippen LogP contribution >= 0.6 is 11.8 Å². The van der Waals surface area contributed by atoms with Crippen LogP contribution in [-0.4, -0.2) is 42.5 Å². The summed E-state index contributed by atoms with van der Waals surface area (Å²) >= 11 is 2.07. The van der Waals surface area contributed by atoms with Gasteiger partial charge in [0.05, 0.1) is 18.3 Å². The lowest BCUT2D eigenvalue weighted by Gasteiger charge is -2.45. The van der Waals surface area contributed by atoms with Gasteiger partial charge in [-0.05, 0) is 56.5 Å². The van der Waals surface area contributed by atoms with Crippen LogP contribution in [0.2, 0.25) is 0 Å². The van der Waals surface area contributed by atoms with Crippen molar-refractivity contribution in [3.8, 4) is 0 Å². The van der Waals surface area contributed by atoms with E-state index in [4.69, 9.17) is 15.2 Å². The summed E-state index contributed by atoms with van der Waals surface area (Å²) in [5.74, 6) is 3.71. The van der Waals surface area contributed by atoms with E-state index >= 15 is 0 Å². The maximum absolute atomic E-state index is 6.57. The molecule has 3 nitrogen and oxygen atoms in total. The minimum absolute atomic E-state index is 0.164. The van der Waals surface area contributed by atoms with E-state index < -0.39 is 0 Å². The molecule has 0 radical (unpaired) electrons. The van der Waals surface area contributed by atoms with Gasteiger partial charge < -0.3 is 15.2 Å². The predicted octanol–water partition coefficient (Wildman–Crippen LogP) is 2.43. The zero-order chi connectivity index (χ0) is 13.3. The topological polar surface area (TPSA) is 44.5 Å². The summed E-state index contributed by atoms with van der Waals surface area (Å²) in [7, 11) is 0. The van der Waals surface area contributed by atoms with Crippen molar-refractivity contribution in [1.29, 1.82) is 0 Å². The van der Waals surface area contributed by atoms with Crippen LogP contribution in [0.1, 0.15) is 39.0 Å². The minimum Gasteiger partial charge on any atom is -0.378 e. The number of ether oxygens (including phenoxy) is 2. The molecular weight excluding hydrogens is 258 g/mol. The highest BCUT2D eigenvalue weighted by atomic mass is 32.2. The smallest absolute Gasteiger partial charge is 0.0701 e. The van der Waals surface area contributed by atoms with E-state index in [-0.39, 0.29) is 5.60 Å². The third-order valence-electron chi connectivity index (χ3n) is 5.25. The van der Waals surface area contributed by atoms with Crippen LogP contribution in [0, 0.1) is 11.8 Å². The van der Waals surface area contributed by atoms with E-state index in [2.05, 4.69) is 18.7 Å². The zero-order valence-corrected chi connectivity index (χ0v) is 12.8. The molecule has 4 heteroatoms. The summed E-state index contributed by atoms with van der Waals surface area (Å²) in [4.78, 5) is 0. The van der Waals surface area contributed by atoms with Gasteiger partial charge in [-0.1, -0.05) is 0 Å². The molecule has 0 bridgehead atoms. The number of thioether (sulfide) groups is 1. The Morgan fingerprint density at radius 1 is 1.26 bits per heavy atom. The summed E-state index contributed by atoms with van der Waals surface area (Å²) in [5.41, 5.74) is 6.73. The highest BCUT2D eigenvalue weighted by Crippen LogP contribution is 2.42. The van der Waals surface area contributed by atoms with Gasteiger partial charge in [-0.25, -0.2) is 0 Å². The van der Waals surface area contributed by atoms with Crippen molar-refractivity contribution in [3.63, 3.8) is 0 Å². The molecule has 0 aromatic heterocycles. The molecule has 4 atom stereocenters. The first kappa shape index (κ1) is 14.2. The lowest BCUT2D eigenvalue weighted by molar-refractivity contribution is -0.108. The van der Waals surface area contributed by atoms with E-state index in [9.17, 15) is 0 Å². The van der Waals surface area contributed by atoms with E-state index in [1.807, 2.05) is 0 Å². The molecule has 0 saturated carbocycles. The Morgan fingerprint density at radius 2 is 2.05 bits per heavy atom. The fourth-order valence-electron chi connectivity index (χ4n) is 3.99. The summed E-state index contributed by atoms with van der Waals surface area (Å²) in [6.07, 6.45) is 6.30. The number of rotatable bonds is 2. The Morgan fingerprint density at radius 3 is 2.74 bits per heavy atom. The fourth-order valence-corrected chi connectivity index (χ4v) is 5.23. The molecule has 2 N–H and O–H groups in total. The molecule has 3 fully saturated rings. The van der Waals surface area contributed by atoms with Crippen molar-refractivity contribution in [3.05, 3.63) is 0 Å². The average molecular weight is 285 g/mol. The Labute approximate surface area is 121 Å². The summed E-state index contributed by atoms with van der Waals surface area (Å²) in [6, 6.07) is 0.306. The molecule has 3 aliphatic heterocycles. The second kappa shape index (κ2) is 5.92. The Kier molecular flexibility index (Phi) is 4.42. The molecule has 3 rings (SSSR count). The third-order valence-corrected chi connectivity index (χ3v) is 6.24. The van der Waals surface area contributed by atoms with Crippen molar-refractivity contribution < 1.29 is 9.47 Å². The maximum Gasteiger partial charge on any atom is 0.0701 e. The first-order valence-electron chi connectivity index (χ1n) is 7.77. The fraction of sp³-hybridized carbons (Fsp3) is 1.00. The molecular formula is C15H27NO2S. The van der Waals surface area contributed by atoms with Gasteiger partial charge in [0.2, 0.25) is 0 Å². The molecule has 0 aliphatic carbocycles. The van der Waals surface area contributed by atoms with Crippen molar-refractivity contribution in [2.45, 2.75) is 56.8 Å². The van der Waals surface area contributed by atoms with Gasteiger partial charge in [-0.3, -0.25) is 0 Å². The zero-order valence-electron chi connectivity index (χ0n) is 12.0. The summed E-state index contributed by atoms with van der Waals surface area (Å²) in [6.45, 7) is 3.94. The molecule has 0 amide bonds. The molecule has 3 aliphatic rings. The lowest BCUT2D eigenvalue weighted by Crippen LogP contribution is -2.49. The Bertz CT molecular complexity index is 301. The monoisotopic (exact) mass is 285 g/mol. The van der Waals surface area contributed by atoms with Crippen molar-refractivity contribution in [2.24, 2.45) is 17.6 Å². The highest BCUT2D eigenvalue weighted by molar-refractivity contribution is 7.99. The summed E-state index contributed by atoms with van der Waals surface area (Å²) in [5, 5.41) is 0. The predicted molar refractivity (Wildman–Crippen MR) is 79.5 cm³/mol. The average Bonchev–Trinajstić information content (AvgIpc) is 2.85. The minimum atomic E-state index is 0.164. The lowest BCUT2D eigenvalue weighted by atomic mass is 9.75. The van der Waals surface area contributed by atoms with Crippen LogP contribution in [0.5, 0.6) is 0 Å². The second-order valence-electron chi connectivity index (χ2n) is 6.61. The number of hydrogen-bond acceptors (Lipinski definition) is 4. The van der Waals surface area contributed by atoms with E-state index in [0.29, 0.717) is 24.0 Å². The van der Waals surface area contributed by atoms with Crippen LogP contribution in [0.15, 0.2) is 0 Å². The van der Waals surface area contributed by atoms with Gasteiger partial charge in [0.25, 0.3) is 0 Å². The molecule has 19 heavy (non-hydrogen) atoms. The van der Waals surface area contributed by atoms with Crippen LogP contribution < -0.4 is 5.73 Å². The van der Waals surface area contributed by atoms with Gasteiger partial charge in [0.1, 0.15) is 0 Å². The molecule has 3 saturated heterocycles. The van der Waals surface area contributed by atoms with E-state index in [0.717, 1.165) is 26.1 Å². The van der Waals surface area contributed by atoms with Crippen molar-refractivity contribution in [1.82, 2.24) is 0 Å². The molecule has 4 unspecified atom stereocenters. The van der Waals surface area contributed by atoms with Gasteiger partial charge in [-0.15, -0.1) is 0 Å². The van der Waals surface area contributed by atoms with E-state index in [1.165, 1.54) is 30.8 Å². The van der Waals surface area contributed by atoms with Crippen LogP contribution in [-0.2, 0) is 9.47 Å². The molecule has 1 spiro atoms. The first-order chi connectivity index (χ1) is 9.19. The number of hydrogen-bond donors (Lipinski definition) is 1. The van der Waals surface area contributed by atoms with Crippen molar-refractivity contribution in [2.75, 3.05) is 24.7 Å². The maximum atomic E-state index is 6.57. The second-order valence-corrected chi connectivity index (χ2v) is 7.84. The molecule has 0 aromatic carbocycles. The van der Waals surface area contributed by atoms with Crippen molar-refractivity contribution >= 4 is 11.8 Å². The largest absolute Gasteiger partial charge is 0.378 e. The molecule has 3 heterocycles. The van der Waals surface area contributed by atoms with Gasteiger partial charge in [0.15, 0.2) is 0 Å². The van der Waals surface area contributed by atoms with Gasteiger partial charge >= 0.3 is 0 Å². The van der Waals surface area contributed by atoms with Gasteiger partial charge in [0, 0.05) is 18.6 Å². The van der Waals surface area contributed by atoms with Crippen LogP contribution in [0.25, 0.3) is 0 Å². The first-order valence-corrected chi connectivity index (χ1v) is 8.93. The quantitative estimate of drug-likeness (QED) is 0.846.